The largest absolute Gasteiger partial charge is 0.456 e. The van der Waals surface area contributed by atoms with E-state index in [1.807, 2.05) is 0 Å². The molecule has 2 aliphatic rings. The number of amidine groups is 1. The Bertz CT molecular complexity index is 1370. The highest BCUT2D eigenvalue weighted by atomic mass is 16.3. The van der Waals surface area contributed by atoms with Crippen molar-refractivity contribution in [1.82, 2.24) is 4.58 Å². The number of benzene rings is 3. The third kappa shape index (κ3) is 9.19. The van der Waals surface area contributed by atoms with Gasteiger partial charge in [0.15, 0.2) is 0 Å². The molecule has 2 aromatic rings. The van der Waals surface area contributed by atoms with Gasteiger partial charge in [0.05, 0.1) is 11.9 Å². The molecule has 0 saturated carbocycles. The first-order valence-corrected chi connectivity index (χ1v) is 15.3. The maximum absolute atomic E-state index is 6.91. The van der Waals surface area contributed by atoms with Crippen LogP contribution in [-0.4, -0.2) is 39.1 Å². The molecule has 2 aromatic carbocycles. The Labute approximate surface area is 247 Å². The molecule has 41 heavy (non-hydrogen) atoms. The van der Waals surface area contributed by atoms with Crippen LogP contribution in [0, 0.1) is 5.41 Å². The van der Waals surface area contributed by atoms with Gasteiger partial charge in [0.25, 0.3) is 0 Å². The topological polar surface area (TPSA) is 95.3 Å². The zero-order chi connectivity index (χ0) is 30.2. The summed E-state index contributed by atoms with van der Waals surface area (Å²) in [6.45, 7) is 14.9. The lowest BCUT2D eigenvalue weighted by Crippen LogP contribution is -2.29. The highest BCUT2D eigenvalue weighted by molar-refractivity contribution is 6.02. The summed E-state index contributed by atoms with van der Waals surface area (Å²) in [5.74, 6) is 1.26. The van der Waals surface area contributed by atoms with Crippen molar-refractivity contribution < 1.29 is 4.42 Å². The molecule has 1 aliphatic carbocycles. The second-order valence-electron chi connectivity index (χ2n) is 9.88. The van der Waals surface area contributed by atoms with Gasteiger partial charge in [-0.3, -0.25) is 5.41 Å². The van der Waals surface area contributed by atoms with Gasteiger partial charge in [-0.25, -0.2) is 4.58 Å². The SMILES string of the molecule is CCCCCCC(=N)N.CCN(CC)c1ccc2c(-c3ccccc3)c3ccc(=[N+](CC)CC)cc-3oc2c1.CN. The molecular weight excluding hydrogens is 506 g/mol. The first-order valence-electron chi connectivity index (χ1n) is 15.3. The first kappa shape index (κ1) is 33.6. The van der Waals surface area contributed by atoms with E-state index in [1.54, 1.807) is 0 Å². The Kier molecular flexibility index (Phi) is 14.7. The lowest BCUT2D eigenvalue weighted by Gasteiger charge is -2.22. The molecule has 6 heteroatoms. The Morgan fingerprint density at radius 1 is 0.829 bits per heavy atom. The molecule has 0 saturated heterocycles. The van der Waals surface area contributed by atoms with Crippen LogP contribution in [0.5, 0.6) is 0 Å². The minimum Gasteiger partial charge on any atom is -0.456 e. The van der Waals surface area contributed by atoms with E-state index < -0.39 is 0 Å². The minimum absolute atomic E-state index is 0.325. The molecule has 0 aromatic heterocycles. The van der Waals surface area contributed by atoms with Gasteiger partial charge in [-0.05, 0) is 64.9 Å². The standard InChI is InChI=1S/C27H31N2O.C7H16N2.CH5N/c1-5-28(6-2)21-14-16-23-25(18-21)30-26-19-22(29(7-3)8-4)15-17-24(26)27(23)20-12-10-9-11-13-20;1-2-3-4-5-6-7(8)9;1-2/h9-19H,5-8H2,1-4H3;2-6H2,1H3,(H3,8,9);2H2,1H3/q+1;;. The summed E-state index contributed by atoms with van der Waals surface area (Å²) in [6.07, 6.45) is 5.60. The monoisotopic (exact) mass is 558 g/mol. The van der Waals surface area contributed by atoms with E-state index in [4.69, 9.17) is 15.6 Å². The number of nitrogens with two attached hydrogens (primary N) is 2. The summed E-state index contributed by atoms with van der Waals surface area (Å²) >= 11 is 0. The molecule has 1 aliphatic heterocycles. The number of rotatable bonds is 11. The maximum Gasteiger partial charge on any atom is 0.203 e. The van der Waals surface area contributed by atoms with Crippen LogP contribution in [0.3, 0.4) is 0 Å². The van der Waals surface area contributed by atoms with E-state index in [-0.39, 0.29) is 0 Å². The number of hydrogen-bond acceptors (Lipinski definition) is 4. The summed E-state index contributed by atoms with van der Waals surface area (Å²) in [6, 6.07) is 23.9. The van der Waals surface area contributed by atoms with Crippen molar-refractivity contribution in [3.8, 4) is 22.5 Å². The highest BCUT2D eigenvalue weighted by Gasteiger charge is 2.19. The molecule has 0 unspecified atom stereocenters. The van der Waals surface area contributed by atoms with Crippen molar-refractivity contribution in [1.29, 1.82) is 5.41 Å². The van der Waals surface area contributed by atoms with Gasteiger partial charge in [-0.2, -0.15) is 0 Å². The summed E-state index contributed by atoms with van der Waals surface area (Å²) in [5.41, 5.74) is 15.4. The third-order valence-corrected chi connectivity index (χ3v) is 7.31. The number of nitrogens with one attached hydrogen (secondary N) is 1. The number of nitrogens with zero attached hydrogens (tertiary/aromatic N) is 2. The highest BCUT2D eigenvalue weighted by Crippen LogP contribution is 2.40. The molecule has 5 N–H and O–H groups in total. The molecule has 1 heterocycles. The first-order chi connectivity index (χ1) is 20.0. The molecule has 0 spiro atoms. The Balaban J connectivity index is 0.000000459. The maximum atomic E-state index is 6.91. The van der Waals surface area contributed by atoms with Crippen LogP contribution >= 0.6 is 0 Å². The van der Waals surface area contributed by atoms with E-state index in [1.165, 1.54) is 48.5 Å². The fourth-order valence-electron chi connectivity index (χ4n) is 5.10. The van der Waals surface area contributed by atoms with Crippen LogP contribution < -0.4 is 26.3 Å². The van der Waals surface area contributed by atoms with Crippen LogP contribution in [0.25, 0.3) is 33.4 Å². The van der Waals surface area contributed by atoms with E-state index in [0.29, 0.717) is 5.84 Å². The van der Waals surface area contributed by atoms with Gasteiger partial charge in [0, 0.05) is 53.8 Å². The Morgan fingerprint density at radius 3 is 2.10 bits per heavy atom. The Morgan fingerprint density at radius 2 is 1.51 bits per heavy atom. The number of hydrogen-bond donors (Lipinski definition) is 3. The number of anilines is 1. The molecule has 0 bridgehead atoms. The minimum atomic E-state index is 0.325. The second kappa shape index (κ2) is 17.9. The summed E-state index contributed by atoms with van der Waals surface area (Å²) in [5, 5.41) is 9.26. The molecule has 0 fully saturated rings. The van der Waals surface area contributed by atoms with E-state index in [0.717, 1.165) is 61.3 Å². The van der Waals surface area contributed by atoms with Crippen molar-refractivity contribution in [2.75, 3.05) is 38.1 Å². The fraction of sp³-hybridized carbons (Fsp3) is 0.429. The van der Waals surface area contributed by atoms with Crippen molar-refractivity contribution in [2.45, 2.75) is 66.7 Å². The van der Waals surface area contributed by atoms with Crippen molar-refractivity contribution in [3.63, 3.8) is 0 Å². The van der Waals surface area contributed by atoms with Crippen LogP contribution in [0.2, 0.25) is 0 Å². The van der Waals surface area contributed by atoms with E-state index in [9.17, 15) is 0 Å². The average Bonchev–Trinajstić information content (AvgIpc) is 3.01. The lowest BCUT2D eigenvalue weighted by atomic mass is 9.93. The van der Waals surface area contributed by atoms with Crippen molar-refractivity contribution in [2.24, 2.45) is 11.5 Å². The van der Waals surface area contributed by atoms with E-state index in [2.05, 4.69) is 117 Å². The number of fused-ring (bicyclic) bond motifs is 2. The predicted molar refractivity (Wildman–Crippen MR) is 179 cm³/mol. The molecule has 0 radical (unpaired) electrons. The smallest absolute Gasteiger partial charge is 0.203 e. The van der Waals surface area contributed by atoms with Crippen molar-refractivity contribution >= 4 is 22.5 Å². The fourth-order valence-corrected chi connectivity index (χ4v) is 5.10. The van der Waals surface area contributed by atoms with Gasteiger partial charge in [0.2, 0.25) is 5.36 Å². The zero-order valence-electron chi connectivity index (χ0n) is 26.2. The predicted octanol–water partition coefficient (Wildman–Crippen LogP) is 7.33. The van der Waals surface area contributed by atoms with Crippen LogP contribution in [0.1, 0.15) is 66.7 Å². The zero-order valence-corrected chi connectivity index (χ0v) is 26.2. The van der Waals surface area contributed by atoms with Crippen LogP contribution in [0.4, 0.5) is 5.69 Å². The van der Waals surface area contributed by atoms with Crippen LogP contribution in [0.15, 0.2) is 71.1 Å². The second-order valence-corrected chi connectivity index (χ2v) is 9.88. The molecule has 0 amide bonds. The third-order valence-electron chi connectivity index (χ3n) is 7.31. The van der Waals surface area contributed by atoms with Gasteiger partial charge < -0.3 is 20.8 Å². The molecule has 222 valence electrons. The quantitative estimate of drug-likeness (QED) is 0.0590. The molecule has 4 rings (SSSR count). The summed E-state index contributed by atoms with van der Waals surface area (Å²) < 4.78 is 8.87. The van der Waals surface area contributed by atoms with Gasteiger partial charge in [-0.1, -0.05) is 56.5 Å². The number of unbranched alkanes of at least 4 members (excludes halogenated alkanes) is 3. The molecule has 6 nitrogen and oxygen atoms in total. The van der Waals surface area contributed by atoms with Gasteiger partial charge in [-0.15, -0.1) is 0 Å². The van der Waals surface area contributed by atoms with Crippen LogP contribution in [-0.2, 0) is 0 Å². The van der Waals surface area contributed by atoms with E-state index >= 15 is 0 Å². The summed E-state index contributed by atoms with van der Waals surface area (Å²) in [4.78, 5) is 2.35. The molecule has 0 atom stereocenters. The van der Waals surface area contributed by atoms with Gasteiger partial charge >= 0.3 is 0 Å². The normalized spacial score (nSPS) is 10.4. The molecular formula is C35H52N5O+. The Hall–Kier alpha value is -3.64. The average molecular weight is 559 g/mol. The lowest BCUT2D eigenvalue weighted by molar-refractivity contribution is 0.604. The summed E-state index contributed by atoms with van der Waals surface area (Å²) in [7, 11) is 1.50. The van der Waals surface area contributed by atoms with Crippen molar-refractivity contribution in [3.05, 3.63) is 72.1 Å². The van der Waals surface area contributed by atoms with Gasteiger partial charge in [0.1, 0.15) is 24.4 Å².